The number of benzene rings is 2. The van der Waals surface area contributed by atoms with Gasteiger partial charge in [0.15, 0.2) is 0 Å². The third-order valence-electron chi connectivity index (χ3n) is 4.02. The maximum absolute atomic E-state index is 12.8. The summed E-state index contributed by atoms with van der Waals surface area (Å²) in [6.07, 6.45) is 0. The lowest BCUT2D eigenvalue weighted by atomic mass is 10.0. The van der Waals surface area contributed by atoms with Crippen molar-refractivity contribution in [1.82, 2.24) is 10.2 Å². The van der Waals surface area contributed by atoms with Gasteiger partial charge in [-0.05, 0) is 18.2 Å². The van der Waals surface area contributed by atoms with Crippen molar-refractivity contribution in [2.24, 2.45) is 0 Å². The van der Waals surface area contributed by atoms with Crippen LogP contribution in [-0.4, -0.2) is 37.6 Å². The van der Waals surface area contributed by atoms with Crippen LogP contribution in [0.15, 0.2) is 54.6 Å². The molecule has 1 amide bonds. The van der Waals surface area contributed by atoms with E-state index in [2.05, 4.69) is 5.32 Å². The number of nitrogens with zero attached hydrogens (tertiary/aromatic N) is 1. The van der Waals surface area contributed by atoms with Crippen molar-refractivity contribution in [3.63, 3.8) is 0 Å². The summed E-state index contributed by atoms with van der Waals surface area (Å²) in [5.74, 6) is 0.889. The number of carbonyl (C=O) groups is 1. The van der Waals surface area contributed by atoms with Crippen LogP contribution in [0.2, 0.25) is 0 Å². The molecule has 0 bridgehead atoms. The lowest BCUT2D eigenvalue weighted by Crippen LogP contribution is -2.48. The molecular formula is C18H20N2O2. The first kappa shape index (κ1) is 14.6. The molecule has 0 spiro atoms. The minimum absolute atomic E-state index is 0.0161. The van der Waals surface area contributed by atoms with Gasteiger partial charge >= 0.3 is 0 Å². The molecular weight excluding hydrogens is 276 g/mol. The summed E-state index contributed by atoms with van der Waals surface area (Å²) < 4.78 is 5.47. The number of rotatable bonds is 3. The van der Waals surface area contributed by atoms with Crippen molar-refractivity contribution < 1.29 is 9.53 Å². The SMILES string of the molecule is COc1ccccc1C1CNCCN1C(=O)c1ccccc1. The Morgan fingerprint density at radius 1 is 1.14 bits per heavy atom. The zero-order chi connectivity index (χ0) is 15.4. The standard InChI is InChI=1S/C18H20N2O2/c1-22-17-10-6-5-9-15(17)16-13-19-11-12-20(16)18(21)14-7-3-2-4-8-14/h2-10,16,19H,11-13H2,1H3. The summed E-state index contributed by atoms with van der Waals surface area (Å²) in [5.41, 5.74) is 1.77. The maximum atomic E-state index is 12.8. The van der Waals surface area contributed by atoms with Crippen LogP contribution >= 0.6 is 0 Å². The van der Waals surface area contributed by atoms with E-state index < -0.39 is 0 Å². The van der Waals surface area contributed by atoms with Crippen LogP contribution in [0.5, 0.6) is 5.75 Å². The number of methoxy groups -OCH3 is 1. The summed E-state index contributed by atoms with van der Waals surface area (Å²) in [6, 6.07) is 17.3. The fourth-order valence-electron chi connectivity index (χ4n) is 2.91. The Morgan fingerprint density at radius 2 is 1.86 bits per heavy atom. The zero-order valence-electron chi connectivity index (χ0n) is 12.7. The summed E-state index contributed by atoms with van der Waals surface area (Å²) in [7, 11) is 1.67. The fraction of sp³-hybridized carbons (Fsp3) is 0.278. The van der Waals surface area contributed by atoms with Gasteiger partial charge in [-0.1, -0.05) is 36.4 Å². The molecule has 1 atom stereocenters. The number of amides is 1. The lowest BCUT2D eigenvalue weighted by Gasteiger charge is -2.37. The molecule has 3 rings (SSSR count). The van der Waals surface area contributed by atoms with E-state index in [0.29, 0.717) is 6.54 Å². The van der Waals surface area contributed by atoms with Crippen LogP contribution in [0.25, 0.3) is 0 Å². The van der Waals surface area contributed by atoms with Crippen molar-refractivity contribution in [2.75, 3.05) is 26.7 Å². The van der Waals surface area contributed by atoms with E-state index in [-0.39, 0.29) is 11.9 Å². The van der Waals surface area contributed by atoms with Gasteiger partial charge in [0, 0.05) is 30.8 Å². The first-order chi connectivity index (χ1) is 10.8. The predicted molar refractivity (Wildman–Crippen MR) is 86.1 cm³/mol. The summed E-state index contributed by atoms with van der Waals surface area (Å²) in [4.78, 5) is 14.8. The van der Waals surface area contributed by atoms with Crippen LogP contribution in [0.1, 0.15) is 22.0 Å². The minimum atomic E-state index is -0.0161. The second kappa shape index (κ2) is 6.62. The molecule has 0 aromatic heterocycles. The van der Waals surface area contributed by atoms with Crippen LogP contribution in [-0.2, 0) is 0 Å². The van der Waals surface area contributed by atoms with Crippen molar-refractivity contribution in [1.29, 1.82) is 0 Å². The Bertz CT molecular complexity index is 643. The van der Waals surface area contributed by atoms with E-state index in [4.69, 9.17) is 4.74 Å². The Kier molecular flexibility index (Phi) is 4.39. The zero-order valence-corrected chi connectivity index (χ0v) is 12.7. The highest BCUT2D eigenvalue weighted by Crippen LogP contribution is 2.31. The van der Waals surface area contributed by atoms with E-state index in [9.17, 15) is 4.79 Å². The molecule has 0 aliphatic carbocycles. The van der Waals surface area contributed by atoms with Crippen LogP contribution in [0, 0.1) is 0 Å². The molecule has 1 aliphatic heterocycles. The average molecular weight is 296 g/mol. The van der Waals surface area contributed by atoms with Gasteiger partial charge in [0.1, 0.15) is 5.75 Å². The second-order valence-electron chi connectivity index (χ2n) is 5.33. The van der Waals surface area contributed by atoms with Gasteiger partial charge in [-0.25, -0.2) is 0 Å². The van der Waals surface area contributed by atoms with Crippen molar-refractivity contribution in [3.05, 3.63) is 65.7 Å². The Balaban J connectivity index is 1.93. The monoisotopic (exact) mass is 296 g/mol. The molecule has 1 unspecified atom stereocenters. The molecule has 114 valence electrons. The molecule has 4 nitrogen and oxygen atoms in total. The summed E-state index contributed by atoms with van der Waals surface area (Å²) in [6.45, 7) is 2.24. The van der Waals surface area contributed by atoms with Gasteiger partial charge in [0.2, 0.25) is 0 Å². The fourth-order valence-corrected chi connectivity index (χ4v) is 2.91. The van der Waals surface area contributed by atoms with Gasteiger partial charge < -0.3 is 15.0 Å². The largest absolute Gasteiger partial charge is 0.496 e. The number of piperazine rings is 1. The van der Waals surface area contributed by atoms with Crippen LogP contribution in [0.3, 0.4) is 0 Å². The molecule has 2 aromatic rings. The third kappa shape index (κ3) is 2.83. The average Bonchev–Trinajstić information content (AvgIpc) is 2.62. The molecule has 2 aromatic carbocycles. The second-order valence-corrected chi connectivity index (χ2v) is 5.33. The Hall–Kier alpha value is -2.33. The molecule has 4 heteroatoms. The highest BCUT2D eigenvalue weighted by Gasteiger charge is 2.30. The highest BCUT2D eigenvalue weighted by molar-refractivity contribution is 5.94. The first-order valence-corrected chi connectivity index (χ1v) is 7.51. The van der Waals surface area contributed by atoms with E-state index >= 15 is 0 Å². The molecule has 22 heavy (non-hydrogen) atoms. The smallest absolute Gasteiger partial charge is 0.254 e. The molecule has 1 N–H and O–H groups in total. The van der Waals surface area contributed by atoms with Crippen LogP contribution < -0.4 is 10.1 Å². The molecule has 1 aliphatic rings. The highest BCUT2D eigenvalue weighted by atomic mass is 16.5. The van der Waals surface area contributed by atoms with Crippen LogP contribution in [0.4, 0.5) is 0 Å². The quantitative estimate of drug-likeness (QED) is 0.946. The topological polar surface area (TPSA) is 41.6 Å². The van der Waals surface area contributed by atoms with Gasteiger partial charge in [-0.2, -0.15) is 0 Å². The first-order valence-electron chi connectivity index (χ1n) is 7.51. The van der Waals surface area contributed by atoms with Crippen molar-refractivity contribution in [3.8, 4) is 5.75 Å². The molecule has 1 heterocycles. The van der Waals surface area contributed by atoms with E-state index in [1.165, 1.54) is 0 Å². The van der Waals surface area contributed by atoms with Crippen molar-refractivity contribution in [2.45, 2.75) is 6.04 Å². The molecule has 0 radical (unpaired) electrons. The van der Waals surface area contributed by atoms with Gasteiger partial charge in [-0.15, -0.1) is 0 Å². The van der Waals surface area contributed by atoms with Gasteiger partial charge in [-0.3, -0.25) is 4.79 Å². The Labute approximate surface area is 130 Å². The van der Waals surface area contributed by atoms with Gasteiger partial charge in [0.25, 0.3) is 5.91 Å². The van der Waals surface area contributed by atoms with Crippen molar-refractivity contribution >= 4 is 5.91 Å². The molecule has 1 saturated heterocycles. The predicted octanol–water partition coefficient (Wildman–Crippen LogP) is 2.48. The third-order valence-corrected chi connectivity index (χ3v) is 4.02. The molecule has 0 saturated carbocycles. The maximum Gasteiger partial charge on any atom is 0.254 e. The lowest BCUT2D eigenvalue weighted by molar-refractivity contribution is 0.0631. The summed E-state index contributed by atoms with van der Waals surface area (Å²) >= 11 is 0. The minimum Gasteiger partial charge on any atom is -0.496 e. The number of hydrogen-bond donors (Lipinski definition) is 1. The number of ether oxygens (including phenoxy) is 1. The van der Waals surface area contributed by atoms with E-state index in [0.717, 1.165) is 30.0 Å². The van der Waals surface area contributed by atoms with Gasteiger partial charge in [0.05, 0.1) is 13.2 Å². The van der Waals surface area contributed by atoms with E-state index in [1.807, 2.05) is 59.5 Å². The Morgan fingerprint density at radius 3 is 2.64 bits per heavy atom. The molecule has 1 fully saturated rings. The van der Waals surface area contributed by atoms with E-state index in [1.54, 1.807) is 7.11 Å². The number of carbonyl (C=O) groups excluding carboxylic acids is 1. The number of hydrogen-bond acceptors (Lipinski definition) is 3. The number of nitrogens with one attached hydrogen (secondary N) is 1. The summed E-state index contributed by atoms with van der Waals surface area (Å²) in [5, 5.41) is 3.37. The normalized spacial score (nSPS) is 18.0. The number of para-hydroxylation sites is 1.